The van der Waals surface area contributed by atoms with Gasteiger partial charge in [-0.2, -0.15) is 5.10 Å². The van der Waals surface area contributed by atoms with E-state index in [2.05, 4.69) is 20.1 Å². The molecule has 4 aromatic rings. The summed E-state index contributed by atoms with van der Waals surface area (Å²) in [6.45, 7) is 1.69. The predicted octanol–water partition coefficient (Wildman–Crippen LogP) is 3.24. The highest BCUT2D eigenvalue weighted by Crippen LogP contribution is 2.30. The van der Waals surface area contributed by atoms with Gasteiger partial charge in [0.2, 0.25) is 0 Å². The van der Waals surface area contributed by atoms with Crippen molar-refractivity contribution in [3.8, 4) is 5.75 Å². The fraction of sp³-hybridized carbons (Fsp3) is 0.0952. The van der Waals surface area contributed by atoms with Crippen molar-refractivity contribution in [2.75, 3.05) is 17.1 Å². The quantitative estimate of drug-likeness (QED) is 0.461. The molecule has 0 saturated carbocycles. The van der Waals surface area contributed by atoms with Crippen molar-refractivity contribution in [1.82, 2.24) is 14.6 Å². The summed E-state index contributed by atoms with van der Waals surface area (Å²) in [5.41, 5.74) is 1.61. The molecule has 4 rings (SSSR count). The van der Waals surface area contributed by atoms with E-state index in [0.717, 1.165) is 24.3 Å². The maximum atomic E-state index is 13.2. The number of anilines is 2. The molecule has 11 heteroatoms. The number of carbonyl (C=O) groups excluding carboxylic acids is 1. The van der Waals surface area contributed by atoms with Gasteiger partial charge in [-0.25, -0.2) is 22.3 Å². The van der Waals surface area contributed by atoms with Gasteiger partial charge in [-0.05, 0) is 55.5 Å². The molecule has 32 heavy (non-hydrogen) atoms. The Kier molecular flexibility index (Phi) is 5.49. The number of nitrogens with one attached hydrogen (secondary N) is 2. The number of carbonyl (C=O) groups is 1. The van der Waals surface area contributed by atoms with Gasteiger partial charge in [-0.1, -0.05) is 0 Å². The van der Waals surface area contributed by atoms with Crippen LogP contribution in [0.3, 0.4) is 0 Å². The van der Waals surface area contributed by atoms with Gasteiger partial charge in [0.15, 0.2) is 5.65 Å². The number of sulfonamides is 1. The Hall–Kier alpha value is -3.99. The number of amides is 1. The first-order valence-corrected chi connectivity index (χ1v) is 10.8. The Morgan fingerprint density at radius 2 is 1.91 bits per heavy atom. The summed E-state index contributed by atoms with van der Waals surface area (Å²) in [4.78, 5) is 17.0. The zero-order chi connectivity index (χ0) is 22.9. The van der Waals surface area contributed by atoms with Crippen molar-refractivity contribution in [3.05, 3.63) is 78.0 Å². The summed E-state index contributed by atoms with van der Waals surface area (Å²) in [6, 6.07) is 10.6. The van der Waals surface area contributed by atoms with Gasteiger partial charge in [0.25, 0.3) is 15.9 Å². The minimum Gasteiger partial charge on any atom is -0.495 e. The molecule has 0 bridgehead atoms. The SMILES string of the molecule is COc1ccc(NC(=O)c2c(C)nn3cccnc23)cc1NS(=O)(=O)c1ccc(F)cc1. The molecule has 0 unspecified atom stereocenters. The highest BCUT2D eigenvalue weighted by molar-refractivity contribution is 7.92. The second-order valence-electron chi connectivity index (χ2n) is 6.78. The largest absolute Gasteiger partial charge is 0.495 e. The first-order valence-electron chi connectivity index (χ1n) is 9.36. The number of aromatic nitrogens is 3. The zero-order valence-corrected chi connectivity index (χ0v) is 17.9. The molecule has 9 nitrogen and oxygen atoms in total. The van der Waals surface area contributed by atoms with Crippen molar-refractivity contribution in [1.29, 1.82) is 0 Å². The van der Waals surface area contributed by atoms with Crippen LogP contribution in [-0.2, 0) is 10.0 Å². The molecule has 2 aromatic heterocycles. The summed E-state index contributed by atoms with van der Waals surface area (Å²) >= 11 is 0. The van der Waals surface area contributed by atoms with Gasteiger partial charge in [-0.3, -0.25) is 9.52 Å². The number of ether oxygens (including phenoxy) is 1. The van der Waals surface area contributed by atoms with E-state index in [4.69, 9.17) is 4.74 Å². The molecule has 0 radical (unpaired) electrons. The van der Waals surface area contributed by atoms with E-state index in [1.54, 1.807) is 31.5 Å². The lowest BCUT2D eigenvalue weighted by Gasteiger charge is -2.14. The number of hydrogen-bond donors (Lipinski definition) is 2. The van der Waals surface area contributed by atoms with E-state index in [9.17, 15) is 17.6 Å². The van der Waals surface area contributed by atoms with Crippen molar-refractivity contribution in [2.24, 2.45) is 0 Å². The van der Waals surface area contributed by atoms with E-state index in [0.29, 0.717) is 22.6 Å². The van der Waals surface area contributed by atoms with E-state index < -0.39 is 21.7 Å². The predicted molar refractivity (Wildman–Crippen MR) is 116 cm³/mol. The Balaban J connectivity index is 1.64. The number of halogens is 1. The van der Waals surface area contributed by atoms with E-state index >= 15 is 0 Å². The van der Waals surface area contributed by atoms with Crippen molar-refractivity contribution in [2.45, 2.75) is 11.8 Å². The number of aryl methyl sites for hydroxylation is 1. The van der Waals surface area contributed by atoms with Gasteiger partial charge in [-0.15, -0.1) is 0 Å². The smallest absolute Gasteiger partial charge is 0.262 e. The van der Waals surface area contributed by atoms with Crippen LogP contribution >= 0.6 is 0 Å². The molecule has 0 saturated heterocycles. The minimum absolute atomic E-state index is 0.101. The summed E-state index contributed by atoms with van der Waals surface area (Å²) < 4.78 is 47.7. The van der Waals surface area contributed by atoms with Gasteiger partial charge in [0, 0.05) is 18.1 Å². The summed E-state index contributed by atoms with van der Waals surface area (Å²) in [6.07, 6.45) is 3.24. The van der Waals surface area contributed by atoms with Crippen molar-refractivity contribution >= 4 is 33.0 Å². The third-order valence-corrected chi connectivity index (χ3v) is 6.00. The monoisotopic (exact) mass is 455 g/mol. The average Bonchev–Trinajstić information content (AvgIpc) is 3.09. The van der Waals surface area contributed by atoms with E-state index in [1.165, 1.54) is 23.8 Å². The molecule has 0 fully saturated rings. The number of benzene rings is 2. The van der Waals surface area contributed by atoms with Gasteiger partial charge in [0.05, 0.1) is 23.4 Å². The number of rotatable bonds is 6. The third kappa shape index (κ3) is 4.10. The number of methoxy groups -OCH3 is 1. The highest BCUT2D eigenvalue weighted by atomic mass is 32.2. The summed E-state index contributed by atoms with van der Waals surface area (Å²) in [5, 5.41) is 6.99. The van der Waals surface area contributed by atoms with Gasteiger partial charge in [0.1, 0.15) is 17.1 Å². The summed E-state index contributed by atoms with van der Waals surface area (Å²) in [7, 11) is -2.63. The molecule has 0 spiro atoms. The zero-order valence-electron chi connectivity index (χ0n) is 17.0. The van der Waals surface area contributed by atoms with Crippen LogP contribution in [0.4, 0.5) is 15.8 Å². The Labute approximate surface area is 182 Å². The topological polar surface area (TPSA) is 115 Å². The molecular formula is C21H18FN5O4S. The molecule has 1 amide bonds. The first kappa shape index (κ1) is 21.2. The second kappa shape index (κ2) is 8.27. The molecule has 0 atom stereocenters. The summed E-state index contributed by atoms with van der Waals surface area (Å²) in [5.74, 6) is -0.764. The van der Waals surface area contributed by atoms with E-state index in [-0.39, 0.29) is 16.3 Å². The Morgan fingerprint density at radius 1 is 1.16 bits per heavy atom. The van der Waals surface area contributed by atoms with Crippen LogP contribution < -0.4 is 14.8 Å². The standard InChI is InChI=1S/C21H18FN5O4S/c1-13-19(20-23-10-3-11-27(20)25-13)21(28)24-15-6-9-18(31-2)17(12-15)26-32(29,30)16-7-4-14(22)5-8-16/h3-12,26H,1-2H3,(H,24,28). The number of nitrogens with zero attached hydrogens (tertiary/aromatic N) is 3. The molecule has 2 aromatic carbocycles. The van der Waals surface area contributed by atoms with Crippen LogP contribution in [0.1, 0.15) is 16.1 Å². The van der Waals surface area contributed by atoms with Crippen LogP contribution in [0, 0.1) is 12.7 Å². The maximum Gasteiger partial charge on any atom is 0.262 e. The molecule has 0 aliphatic heterocycles. The Morgan fingerprint density at radius 3 is 2.62 bits per heavy atom. The number of fused-ring (bicyclic) bond motifs is 1. The van der Waals surface area contributed by atoms with Crippen molar-refractivity contribution in [3.63, 3.8) is 0 Å². The van der Waals surface area contributed by atoms with Gasteiger partial charge < -0.3 is 10.1 Å². The van der Waals surface area contributed by atoms with Crippen LogP contribution in [0.2, 0.25) is 0 Å². The van der Waals surface area contributed by atoms with Gasteiger partial charge >= 0.3 is 0 Å². The third-order valence-electron chi connectivity index (χ3n) is 4.62. The maximum absolute atomic E-state index is 13.2. The second-order valence-corrected chi connectivity index (χ2v) is 8.46. The molecule has 2 heterocycles. The number of hydrogen-bond acceptors (Lipinski definition) is 6. The molecule has 164 valence electrons. The van der Waals surface area contributed by atoms with Crippen LogP contribution in [0.15, 0.2) is 65.8 Å². The molecule has 0 aliphatic carbocycles. The van der Waals surface area contributed by atoms with Crippen LogP contribution in [0.5, 0.6) is 5.75 Å². The molecular weight excluding hydrogens is 437 g/mol. The lowest BCUT2D eigenvalue weighted by molar-refractivity contribution is 0.102. The lowest BCUT2D eigenvalue weighted by Crippen LogP contribution is -2.15. The Bertz CT molecular complexity index is 1420. The minimum atomic E-state index is -4.02. The molecule has 0 aliphatic rings. The van der Waals surface area contributed by atoms with E-state index in [1.807, 2.05) is 0 Å². The first-order chi connectivity index (χ1) is 15.3. The fourth-order valence-corrected chi connectivity index (χ4v) is 4.20. The molecule has 2 N–H and O–H groups in total. The lowest BCUT2D eigenvalue weighted by atomic mass is 10.2. The van der Waals surface area contributed by atoms with Crippen molar-refractivity contribution < 1.29 is 22.3 Å². The van der Waals surface area contributed by atoms with Crippen LogP contribution in [-0.4, -0.2) is 36.0 Å². The fourth-order valence-electron chi connectivity index (χ4n) is 3.14. The normalized spacial score (nSPS) is 11.3. The highest BCUT2D eigenvalue weighted by Gasteiger charge is 2.20. The van der Waals surface area contributed by atoms with Crippen LogP contribution in [0.25, 0.3) is 5.65 Å². The average molecular weight is 455 g/mol.